The number of carbonyl (C=O) groups excluding carboxylic acids is 1. The van der Waals surface area contributed by atoms with E-state index < -0.39 is 0 Å². The monoisotopic (exact) mass is 348 g/mol. The molecule has 132 valence electrons. The number of pyridine rings is 2. The van der Waals surface area contributed by atoms with Crippen molar-refractivity contribution in [3.05, 3.63) is 59.9 Å². The van der Waals surface area contributed by atoms with E-state index in [-0.39, 0.29) is 11.9 Å². The highest BCUT2D eigenvalue weighted by Gasteiger charge is 2.22. The summed E-state index contributed by atoms with van der Waals surface area (Å²) in [6.45, 7) is 2.68. The van der Waals surface area contributed by atoms with Gasteiger partial charge in [-0.05, 0) is 44.0 Å². The van der Waals surface area contributed by atoms with Crippen molar-refractivity contribution in [2.24, 2.45) is 0 Å². The van der Waals surface area contributed by atoms with Gasteiger partial charge >= 0.3 is 0 Å². The van der Waals surface area contributed by atoms with Crippen LogP contribution in [0.5, 0.6) is 0 Å². The van der Waals surface area contributed by atoms with Gasteiger partial charge in [0.15, 0.2) is 5.82 Å². The van der Waals surface area contributed by atoms with Gasteiger partial charge in [-0.2, -0.15) is 0 Å². The highest BCUT2D eigenvalue weighted by molar-refractivity contribution is 5.94. The number of rotatable bonds is 3. The van der Waals surface area contributed by atoms with Gasteiger partial charge in [0.2, 0.25) is 0 Å². The highest BCUT2D eigenvalue weighted by atomic mass is 16.1. The fourth-order valence-corrected chi connectivity index (χ4v) is 3.22. The first-order valence-electron chi connectivity index (χ1n) is 8.77. The number of aromatic nitrogens is 5. The van der Waals surface area contributed by atoms with E-state index in [9.17, 15) is 4.79 Å². The van der Waals surface area contributed by atoms with Crippen LogP contribution in [0.25, 0.3) is 11.4 Å². The molecule has 7 heteroatoms. The summed E-state index contributed by atoms with van der Waals surface area (Å²) in [6, 6.07) is 7.64. The second kappa shape index (κ2) is 7.03. The number of aryl methyl sites for hydroxylation is 2. The molecule has 0 saturated heterocycles. The minimum Gasteiger partial charge on any atom is -0.349 e. The quantitative estimate of drug-likeness (QED) is 0.784. The molecule has 0 aliphatic carbocycles. The highest BCUT2D eigenvalue weighted by Crippen LogP contribution is 2.22. The van der Waals surface area contributed by atoms with E-state index in [2.05, 4.69) is 30.0 Å². The zero-order valence-electron chi connectivity index (χ0n) is 14.6. The lowest BCUT2D eigenvalue weighted by molar-refractivity contribution is 0.0932. The van der Waals surface area contributed by atoms with E-state index in [1.54, 1.807) is 18.6 Å². The number of nitrogens with one attached hydrogen (secondary N) is 1. The average Bonchev–Trinajstić information content (AvgIpc) is 2.98. The van der Waals surface area contributed by atoms with Gasteiger partial charge in [-0.1, -0.05) is 0 Å². The zero-order valence-corrected chi connectivity index (χ0v) is 14.6. The summed E-state index contributed by atoms with van der Waals surface area (Å²) in [5.74, 6) is 1.75. The molecule has 4 rings (SSSR count). The molecule has 0 bridgehead atoms. The summed E-state index contributed by atoms with van der Waals surface area (Å²) in [5, 5.41) is 11.8. The predicted octanol–water partition coefficient (Wildman–Crippen LogP) is 2.18. The van der Waals surface area contributed by atoms with Gasteiger partial charge in [-0.15, -0.1) is 10.2 Å². The van der Waals surface area contributed by atoms with Gasteiger partial charge in [-0.3, -0.25) is 14.8 Å². The van der Waals surface area contributed by atoms with E-state index in [0.717, 1.165) is 48.7 Å². The maximum atomic E-state index is 12.4. The fraction of sp³-hybridized carbons (Fsp3) is 0.316. The minimum atomic E-state index is -0.0745. The molecule has 0 spiro atoms. The second-order valence-electron chi connectivity index (χ2n) is 6.51. The Morgan fingerprint density at radius 1 is 1.15 bits per heavy atom. The van der Waals surface area contributed by atoms with Crippen LogP contribution >= 0.6 is 0 Å². The number of amides is 1. The Kier molecular flexibility index (Phi) is 4.43. The van der Waals surface area contributed by atoms with E-state index >= 15 is 0 Å². The lowest BCUT2D eigenvalue weighted by atomic mass is 10.1. The van der Waals surface area contributed by atoms with Crippen LogP contribution in [0, 0.1) is 6.92 Å². The summed E-state index contributed by atoms with van der Waals surface area (Å²) in [6.07, 6.45) is 7.61. The molecule has 1 amide bonds. The second-order valence-corrected chi connectivity index (χ2v) is 6.51. The Bertz CT molecular complexity index is 904. The molecule has 1 atom stereocenters. The van der Waals surface area contributed by atoms with Crippen molar-refractivity contribution in [3.8, 4) is 11.4 Å². The topological polar surface area (TPSA) is 85.6 Å². The van der Waals surface area contributed by atoms with Crippen LogP contribution in [0.3, 0.4) is 0 Å². The number of hydrogen-bond acceptors (Lipinski definition) is 5. The van der Waals surface area contributed by atoms with Crippen molar-refractivity contribution in [3.63, 3.8) is 0 Å². The SMILES string of the molecule is Cc1ccc(C(=O)NC2CCc3nnc(-c4ccncc4)n3CC2)cn1. The molecule has 0 radical (unpaired) electrons. The Morgan fingerprint density at radius 2 is 2.00 bits per heavy atom. The van der Waals surface area contributed by atoms with Crippen molar-refractivity contribution in [1.82, 2.24) is 30.0 Å². The van der Waals surface area contributed by atoms with Crippen molar-refractivity contribution >= 4 is 5.91 Å². The minimum absolute atomic E-state index is 0.0745. The van der Waals surface area contributed by atoms with Gasteiger partial charge in [0.1, 0.15) is 5.82 Å². The third kappa shape index (κ3) is 3.33. The smallest absolute Gasteiger partial charge is 0.253 e. The first kappa shape index (κ1) is 16.4. The largest absolute Gasteiger partial charge is 0.349 e. The van der Waals surface area contributed by atoms with Crippen molar-refractivity contribution in [2.45, 2.75) is 38.8 Å². The van der Waals surface area contributed by atoms with Crippen LogP contribution in [-0.4, -0.2) is 36.7 Å². The first-order valence-corrected chi connectivity index (χ1v) is 8.77. The van der Waals surface area contributed by atoms with E-state index in [1.807, 2.05) is 31.2 Å². The Hall–Kier alpha value is -3.09. The summed E-state index contributed by atoms with van der Waals surface area (Å²) in [4.78, 5) is 20.7. The number of hydrogen-bond donors (Lipinski definition) is 1. The molecule has 3 aromatic heterocycles. The standard InChI is InChI=1S/C19H20N6O/c1-13-2-3-15(12-21-13)19(26)22-16-4-5-17-23-24-18(25(17)11-8-16)14-6-9-20-10-7-14/h2-3,6-7,9-10,12,16H,4-5,8,11H2,1H3,(H,22,26). The Morgan fingerprint density at radius 3 is 2.77 bits per heavy atom. The Labute approximate surface area is 151 Å². The molecule has 0 fully saturated rings. The summed E-state index contributed by atoms with van der Waals surface area (Å²) in [5.41, 5.74) is 2.50. The van der Waals surface area contributed by atoms with Gasteiger partial charge < -0.3 is 9.88 Å². The normalized spacial score (nSPS) is 16.6. The predicted molar refractivity (Wildman–Crippen MR) is 96.4 cm³/mol. The van der Waals surface area contributed by atoms with Crippen molar-refractivity contribution in [1.29, 1.82) is 0 Å². The average molecular weight is 348 g/mol. The van der Waals surface area contributed by atoms with Crippen LogP contribution in [-0.2, 0) is 13.0 Å². The van der Waals surface area contributed by atoms with Gasteiger partial charge in [0.25, 0.3) is 5.91 Å². The lowest BCUT2D eigenvalue weighted by Gasteiger charge is -2.16. The molecule has 0 aromatic carbocycles. The fourth-order valence-electron chi connectivity index (χ4n) is 3.22. The molecule has 3 aromatic rings. The molecule has 1 aliphatic rings. The maximum absolute atomic E-state index is 12.4. The van der Waals surface area contributed by atoms with Crippen LogP contribution in [0.4, 0.5) is 0 Å². The molecule has 7 nitrogen and oxygen atoms in total. The van der Waals surface area contributed by atoms with Crippen LogP contribution < -0.4 is 5.32 Å². The van der Waals surface area contributed by atoms with Crippen molar-refractivity contribution < 1.29 is 4.79 Å². The van der Waals surface area contributed by atoms with Gasteiger partial charge in [0, 0.05) is 48.9 Å². The zero-order chi connectivity index (χ0) is 17.9. The third-order valence-corrected chi connectivity index (χ3v) is 4.69. The lowest BCUT2D eigenvalue weighted by Crippen LogP contribution is -2.35. The van der Waals surface area contributed by atoms with E-state index in [1.165, 1.54) is 0 Å². The number of fused-ring (bicyclic) bond motifs is 1. The third-order valence-electron chi connectivity index (χ3n) is 4.69. The molecule has 1 unspecified atom stereocenters. The maximum Gasteiger partial charge on any atom is 0.253 e. The van der Waals surface area contributed by atoms with E-state index in [0.29, 0.717) is 5.56 Å². The van der Waals surface area contributed by atoms with Crippen LogP contribution in [0.1, 0.15) is 34.7 Å². The molecular weight excluding hydrogens is 328 g/mol. The van der Waals surface area contributed by atoms with Gasteiger partial charge in [0.05, 0.1) is 5.56 Å². The number of nitrogens with zero attached hydrogens (tertiary/aromatic N) is 5. The molecule has 1 N–H and O–H groups in total. The van der Waals surface area contributed by atoms with Crippen LogP contribution in [0.2, 0.25) is 0 Å². The molecule has 0 saturated carbocycles. The number of carbonyl (C=O) groups is 1. The summed E-state index contributed by atoms with van der Waals surface area (Å²) < 4.78 is 2.15. The summed E-state index contributed by atoms with van der Waals surface area (Å²) in [7, 11) is 0. The van der Waals surface area contributed by atoms with E-state index in [4.69, 9.17) is 0 Å². The molecule has 1 aliphatic heterocycles. The van der Waals surface area contributed by atoms with Crippen LogP contribution in [0.15, 0.2) is 42.9 Å². The molecular formula is C19H20N6O. The van der Waals surface area contributed by atoms with Gasteiger partial charge in [-0.25, -0.2) is 0 Å². The first-order chi connectivity index (χ1) is 12.7. The van der Waals surface area contributed by atoms with Crippen molar-refractivity contribution in [2.75, 3.05) is 0 Å². The molecule has 4 heterocycles. The summed E-state index contributed by atoms with van der Waals surface area (Å²) >= 11 is 0. The molecule has 26 heavy (non-hydrogen) atoms. The Balaban J connectivity index is 1.46.